The molecule has 2 saturated heterocycles. The van der Waals surface area contributed by atoms with Crippen molar-refractivity contribution in [2.24, 2.45) is 0 Å². The summed E-state index contributed by atoms with van der Waals surface area (Å²) in [6.07, 6.45) is 5.96. The minimum atomic E-state index is -0.376. The zero-order chi connectivity index (χ0) is 19.0. The number of anilines is 1. The Morgan fingerprint density at radius 3 is 2.74 bits per heavy atom. The van der Waals surface area contributed by atoms with Gasteiger partial charge in [-0.2, -0.15) is 0 Å². The highest BCUT2D eigenvalue weighted by Crippen LogP contribution is 2.40. The third-order valence-corrected chi connectivity index (χ3v) is 5.54. The van der Waals surface area contributed by atoms with E-state index in [1.807, 2.05) is 36.9 Å². The Hall–Kier alpha value is -2.47. The van der Waals surface area contributed by atoms with E-state index < -0.39 is 0 Å². The van der Waals surface area contributed by atoms with Gasteiger partial charge in [0, 0.05) is 36.1 Å². The smallest absolute Gasteiger partial charge is 0.322 e. The van der Waals surface area contributed by atoms with Crippen LogP contribution in [0, 0.1) is 12.7 Å². The number of carbonyl (C=O) groups is 1. The number of aromatic nitrogens is 1. The number of hydrogen-bond donors (Lipinski definition) is 1. The molecule has 1 aromatic heterocycles. The van der Waals surface area contributed by atoms with Gasteiger partial charge >= 0.3 is 6.03 Å². The molecule has 2 aliphatic heterocycles. The number of nitrogens with zero attached hydrogens (tertiary/aromatic N) is 2. The van der Waals surface area contributed by atoms with E-state index in [0.717, 1.165) is 37.0 Å². The Kier molecular flexibility index (Phi) is 4.83. The number of fused-ring (bicyclic) bond motifs is 2. The van der Waals surface area contributed by atoms with Crippen LogP contribution in [0.5, 0.6) is 0 Å². The fourth-order valence-electron chi connectivity index (χ4n) is 4.29. The second-order valence-corrected chi connectivity index (χ2v) is 7.35. The van der Waals surface area contributed by atoms with Gasteiger partial charge in [0.2, 0.25) is 0 Å². The topological polar surface area (TPSA) is 54.5 Å². The molecule has 3 heterocycles. The zero-order valence-corrected chi connectivity index (χ0v) is 15.6. The molecule has 5 rings (SSSR count). The van der Waals surface area contributed by atoms with Crippen molar-refractivity contribution in [2.45, 2.75) is 51.3 Å². The monoisotopic (exact) mass is 369 g/mol. The van der Waals surface area contributed by atoms with E-state index in [9.17, 15) is 9.18 Å². The summed E-state index contributed by atoms with van der Waals surface area (Å²) in [6, 6.07) is 7.59. The summed E-state index contributed by atoms with van der Waals surface area (Å²) in [5.41, 5.74) is 3.26. The maximum atomic E-state index is 13.5. The molecule has 0 radical (unpaired) electrons. The second kappa shape index (κ2) is 7.27. The Morgan fingerprint density at radius 1 is 1.26 bits per heavy atom. The molecule has 1 N–H and O–H groups in total. The number of nitrogens with one attached hydrogen (secondary N) is 1. The lowest BCUT2D eigenvalue weighted by Crippen LogP contribution is -2.65. The molecule has 1 aromatic carbocycles. The molecular formula is C21H24FN3O2. The molecule has 27 heavy (non-hydrogen) atoms. The lowest BCUT2D eigenvalue weighted by atomic mass is 9.78. The van der Waals surface area contributed by atoms with Gasteiger partial charge in [0.1, 0.15) is 5.82 Å². The van der Waals surface area contributed by atoms with Crippen LogP contribution in [-0.4, -0.2) is 40.7 Å². The molecule has 2 atom stereocenters. The van der Waals surface area contributed by atoms with Crippen LogP contribution in [0.4, 0.5) is 14.9 Å². The standard InChI is InChI=1S/C21H24FN3O2/c1-3-27-19-9-17-8-18(10-19)25(17)21(26)24-16-5-4-13(2)20(7-16)14-6-15(22)12-23-11-14/h4-7,11-12,17-19H,3,8-10H2,1-2H3,(H,24,26). The number of ether oxygens (including phenoxy) is 1. The van der Waals surface area contributed by atoms with Gasteiger partial charge in [-0.3, -0.25) is 4.98 Å². The Balaban J connectivity index is 1.48. The second-order valence-electron chi connectivity index (χ2n) is 7.35. The maximum Gasteiger partial charge on any atom is 0.322 e. The molecule has 6 heteroatoms. The number of hydrogen-bond acceptors (Lipinski definition) is 3. The van der Waals surface area contributed by atoms with Crippen molar-refractivity contribution < 1.29 is 13.9 Å². The SMILES string of the molecule is CCOC1CC2CC(C1)N2C(=O)Nc1ccc(C)c(-c2cncc(F)c2)c1. The van der Waals surface area contributed by atoms with Crippen LogP contribution in [0.2, 0.25) is 0 Å². The quantitative estimate of drug-likeness (QED) is 0.871. The highest BCUT2D eigenvalue weighted by atomic mass is 19.1. The number of benzene rings is 1. The molecule has 142 valence electrons. The molecular weight excluding hydrogens is 345 g/mol. The van der Waals surface area contributed by atoms with Crippen LogP contribution < -0.4 is 5.32 Å². The van der Waals surface area contributed by atoms with Gasteiger partial charge < -0.3 is 15.0 Å². The van der Waals surface area contributed by atoms with Crippen molar-refractivity contribution >= 4 is 11.7 Å². The predicted molar refractivity (Wildman–Crippen MR) is 102 cm³/mol. The molecule has 0 spiro atoms. The van der Waals surface area contributed by atoms with Crippen LogP contribution in [0.25, 0.3) is 11.1 Å². The lowest BCUT2D eigenvalue weighted by molar-refractivity contribution is -0.0753. The molecule has 3 fully saturated rings. The molecule has 2 bridgehead atoms. The van der Waals surface area contributed by atoms with Gasteiger partial charge in [-0.1, -0.05) is 6.07 Å². The molecule has 1 saturated carbocycles. The van der Waals surface area contributed by atoms with Crippen LogP contribution in [0.3, 0.4) is 0 Å². The molecule has 2 unspecified atom stereocenters. The molecule has 1 aliphatic carbocycles. The molecule has 2 aromatic rings. The Labute approximate surface area is 158 Å². The number of aryl methyl sites for hydroxylation is 1. The van der Waals surface area contributed by atoms with Crippen molar-refractivity contribution in [1.29, 1.82) is 0 Å². The highest BCUT2D eigenvalue weighted by Gasteiger charge is 2.48. The predicted octanol–water partition coefficient (Wildman–Crippen LogP) is 4.37. The number of rotatable bonds is 4. The van der Waals surface area contributed by atoms with E-state index in [2.05, 4.69) is 10.3 Å². The summed E-state index contributed by atoms with van der Waals surface area (Å²) in [7, 11) is 0. The first kappa shape index (κ1) is 17.9. The third kappa shape index (κ3) is 3.54. The largest absolute Gasteiger partial charge is 0.378 e. The van der Waals surface area contributed by atoms with Crippen molar-refractivity contribution in [3.8, 4) is 11.1 Å². The average Bonchev–Trinajstić information content (AvgIpc) is 2.63. The zero-order valence-electron chi connectivity index (χ0n) is 15.6. The summed E-state index contributed by atoms with van der Waals surface area (Å²) >= 11 is 0. The highest BCUT2D eigenvalue weighted by molar-refractivity contribution is 5.91. The first-order chi connectivity index (χ1) is 13.0. The Morgan fingerprint density at radius 2 is 2.04 bits per heavy atom. The van der Waals surface area contributed by atoms with Crippen LogP contribution in [0.1, 0.15) is 31.7 Å². The van der Waals surface area contributed by atoms with E-state index in [-0.39, 0.29) is 30.0 Å². The van der Waals surface area contributed by atoms with Crippen molar-refractivity contribution in [2.75, 3.05) is 11.9 Å². The molecule has 2 amide bonds. The maximum absolute atomic E-state index is 13.5. The summed E-state index contributed by atoms with van der Waals surface area (Å²) in [5.74, 6) is -0.376. The van der Waals surface area contributed by atoms with Crippen molar-refractivity contribution in [3.05, 3.63) is 48.0 Å². The average molecular weight is 369 g/mol. The van der Waals surface area contributed by atoms with E-state index in [1.165, 1.54) is 12.3 Å². The Bertz CT molecular complexity index is 845. The van der Waals surface area contributed by atoms with Gasteiger partial charge in [-0.25, -0.2) is 9.18 Å². The lowest BCUT2D eigenvalue weighted by Gasteiger charge is -2.54. The van der Waals surface area contributed by atoms with E-state index in [4.69, 9.17) is 4.74 Å². The van der Waals surface area contributed by atoms with Gasteiger partial charge in [-0.15, -0.1) is 0 Å². The summed E-state index contributed by atoms with van der Waals surface area (Å²) < 4.78 is 19.2. The van der Waals surface area contributed by atoms with Gasteiger partial charge in [0.25, 0.3) is 0 Å². The summed E-state index contributed by atoms with van der Waals surface area (Å²) in [4.78, 5) is 18.6. The summed E-state index contributed by atoms with van der Waals surface area (Å²) in [5, 5.41) is 3.00. The van der Waals surface area contributed by atoms with E-state index in [0.29, 0.717) is 11.3 Å². The van der Waals surface area contributed by atoms with Crippen LogP contribution in [-0.2, 0) is 4.74 Å². The normalized spacial score (nSPS) is 23.7. The van der Waals surface area contributed by atoms with E-state index in [1.54, 1.807) is 6.20 Å². The number of urea groups is 1. The number of piperidine rings is 1. The first-order valence-corrected chi connectivity index (χ1v) is 9.47. The fourth-order valence-corrected chi connectivity index (χ4v) is 4.29. The number of amides is 2. The van der Waals surface area contributed by atoms with Crippen molar-refractivity contribution in [3.63, 3.8) is 0 Å². The van der Waals surface area contributed by atoms with Crippen LogP contribution in [0.15, 0.2) is 36.7 Å². The molecule has 5 nitrogen and oxygen atoms in total. The number of pyridine rings is 1. The number of carbonyl (C=O) groups excluding carboxylic acids is 1. The van der Waals surface area contributed by atoms with E-state index >= 15 is 0 Å². The third-order valence-electron chi connectivity index (χ3n) is 5.54. The van der Waals surface area contributed by atoms with Crippen molar-refractivity contribution in [1.82, 2.24) is 9.88 Å². The van der Waals surface area contributed by atoms with Gasteiger partial charge in [0.15, 0.2) is 0 Å². The molecule has 3 aliphatic rings. The minimum Gasteiger partial charge on any atom is -0.378 e. The summed E-state index contributed by atoms with van der Waals surface area (Å²) in [6.45, 7) is 4.69. The minimum absolute atomic E-state index is 0.0710. The van der Waals surface area contributed by atoms with Crippen LogP contribution >= 0.6 is 0 Å². The van der Waals surface area contributed by atoms with Gasteiger partial charge in [-0.05, 0) is 62.4 Å². The fraction of sp³-hybridized carbons (Fsp3) is 0.429. The van der Waals surface area contributed by atoms with Gasteiger partial charge in [0.05, 0.1) is 12.3 Å². The first-order valence-electron chi connectivity index (χ1n) is 9.47. The number of halogens is 1.